The largest absolute Gasteiger partial charge is 0.507 e. The van der Waals surface area contributed by atoms with E-state index in [9.17, 15) is 14.7 Å². The predicted molar refractivity (Wildman–Crippen MR) is 137 cm³/mol. The van der Waals surface area contributed by atoms with Gasteiger partial charge in [0, 0.05) is 5.56 Å². The number of likely N-dealkylation sites (tertiary alicyclic amines) is 1. The highest BCUT2D eigenvalue weighted by Gasteiger charge is 2.46. The zero-order chi connectivity index (χ0) is 26.6. The van der Waals surface area contributed by atoms with E-state index in [4.69, 9.17) is 23.7 Å². The van der Waals surface area contributed by atoms with Crippen molar-refractivity contribution in [1.29, 1.82) is 0 Å². The Balaban J connectivity index is 1.56. The summed E-state index contributed by atoms with van der Waals surface area (Å²) in [6.45, 7) is 7.17. The first-order chi connectivity index (χ1) is 18.5. The molecule has 3 aliphatic heterocycles. The summed E-state index contributed by atoms with van der Waals surface area (Å²) in [4.78, 5) is 29.6. The molecule has 5 rings (SSSR count). The third-order valence-electron chi connectivity index (χ3n) is 7.06. The summed E-state index contributed by atoms with van der Waals surface area (Å²) < 4.78 is 27.9. The number of aliphatic hydroxyl groups excluding tert-OH is 1. The summed E-state index contributed by atoms with van der Waals surface area (Å²) in [5.74, 6) is 0.439. The molecule has 2 N–H and O–H groups in total. The molecule has 202 valence electrons. The van der Waals surface area contributed by atoms with Gasteiger partial charge in [-0.3, -0.25) is 9.59 Å². The Morgan fingerprint density at radius 1 is 1.03 bits per heavy atom. The number of fused-ring (bicyclic) bond motifs is 1. The molecule has 0 radical (unpaired) electrons. The van der Waals surface area contributed by atoms with Crippen LogP contribution < -0.4 is 23.8 Å². The highest BCUT2D eigenvalue weighted by atomic mass is 16.6. The molecule has 0 bridgehead atoms. The second kappa shape index (κ2) is 11.3. The van der Waals surface area contributed by atoms with Crippen LogP contribution in [0.15, 0.2) is 42.0 Å². The van der Waals surface area contributed by atoms with E-state index in [1.165, 1.54) is 12.0 Å². The van der Waals surface area contributed by atoms with Crippen molar-refractivity contribution in [3.63, 3.8) is 0 Å². The van der Waals surface area contributed by atoms with E-state index in [0.29, 0.717) is 80.2 Å². The van der Waals surface area contributed by atoms with E-state index >= 15 is 0 Å². The van der Waals surface area contributed by atoms with Crippen molar-refractivity contribution in [3.05, 3.63) is 53.1 Å². The number of nitrogens with one attached hydrogen (secondary N) is 1. The van der Waals surface area contributed by atoms with Crippen LogP contribution in [0, 0.1) is 0 Å². The van der Waals surface area contributed by atoms with Crippen molar-refractivity contribution in [2.75, 3.05) is 66.3 Å². The predicted octanol–water partition coefficient (Wildman–Crippen LogP) is 1.20. The van der Waals surface area contributed by atoms with Crippen molar-refractivity contribution >= 4 is 17.4 Å². The van der Waals surface area contributed by atoms with Gasteiger partial charge in [-0.25, -0.2) is 0 Å². The summed E-state index contributed by atoms with van der Waals surface area (Å²) >= 11 is 0. The van der Waals surface area contributed by atoms with Gasteiger partial charge in [0.25, 0.3) is 11.7 Å². The Bertz CT molecular complexity index is 1240. The van der Waals surface area contributed by atoms with Gasteiger partial charge >= 0.3 is 0 Å². The van der Waals surface area contributed by atoms with Crippen LogP contribution in [0.4, 0.5) is 0 Å². The summed E-state index contributed by atoms with van der Waals surface area (Å²) in [5, 5.41) is 11.4. The third kappa shape index (κ3) is 5.01. The van der Waals surface area contributed by atoms with Crippen LogP contribution in [-0.4, -0.2) is 88.0 Å². The normalized spacial score (nSPS) is 21.0. The molecule has 1 atom stereocenters. The lowest BCUT2D eigenvalue weighted by atomic mass is 9.94. The van der Waals surface area contributed by atoms with Gasteiger partial charge in [0.1, 0.15) is 32.1 Å². The van der Waals surface area contributed by atoms with Gasteiger partial charge in [-0.1, -0.05) is 6.07 Å². The minimum Gasteiger partial charge on any atom is -0.507 e. The zero-order valence-corrected chi connectivity index (χ0v) is 21.7. The van der Waals surface area contributed by atoms with Crippen LogP contribution in [-0.2, 0) is 14.3 Å². The molecule has 3 heterocycles. The summed E-state index contributed by atoms with van der Waals surface area (Å²) in [6, 6.07) is 9.50. The van der Waals surface area contributed by atoms with Gasteiger partial charge < -0.3 is 38.6 Å². The first-order valence-corrected chi connectivity index (χ1v) is 12.9. The number of carbonyl (C=O) groups is 2. The minimum atomic E-state index is -0.798. The molecule has 38 heavy (non-hydrogen) atoms. The summed E-state index contributed by atoms with van der Waals surface area (Å²) in [6.07, 6.45) is 0. The maximum atomic E-state index is 13.4. The number of hydrogen-bond acceptors (Lipinski definition) is 8. The van der Waals surface area contributed by atoms with E-state index in [0.717, 1.165) is 13.1 Å². The summed E-state index contributed by atoms with van der Waals surface area (Å²) in [5.41, 5.74) is 1.03. The van der Waals surface area contributed by atoms with Crippen LogP contribution in [0.25, 0.3) is 5.76 Å². The second-order valence-electron chi connectivity index (χ2n) is 9.31. The number of nitrogens with zero attached hydrogens (tertiary/aromatic N) is 1. The van der Waals surface area contributed by atoms with E-state index in [1.807, 2.05) is 6.92 Å². The SMILES string of the molecule is CCOc1ccc([C@@H]2C(=C(O)c3ccc4c(c3)OCCO4)C(=O)C(=O)N2CC[NH+]2CCOCC2)cc1OC. The highest BCUT2D eigenvalue weighted by molar-refractivity contribution is 6.46. The number of aliphatic hydroxyl groups is 1. The minimum absolute atomic E-state index is 0.0230. The van der Waals surface area contributed by atoms with Crippen LogP contribution in [0.3, 0.4) is 0 Å². The van der Waals surface area contributed by atoms with Crippen LogP contribution in [0.1, 0.15) is 24.1 Å². The first-order valence-electron chi connectivity index (χ1n) is 12.9. The molecular weight excluding hydrogens is 492 g/mol. The van der Waals surface area contributed by atoms with Crippen molar-refractivity contribution < 1.29 is 43.3 Å². The number of Topliss-reactive ketones (excluding diaryl/α,β-unsaturated/α-hetero) is 1. The molecule has 0 saturated carbocycles. The number of ether oxygens (including phenoxy) is 5. The number of carbonyl (C=O) groups excluding carboxylic acids is 2. The molecule has 2 saturated heterocycles. The number of hydrogen-bond donors (Lipinski definition) is 2. The average molecular weight is 526 g/mol. The van der Waals surface area contributed by atoms with Gasteiger partial charge in [0.15, 0.2) is 23.0 Å². The van der Waals surface area contributed by atoms with Gasteiger partial charge in [0.05, 0.1) is 51.6 Å². The van der Waals surface area contributed by atoms with Crippen LogP contribution >= 0.6 is 0 Å². The van der Waals surface area contributed by atoms with Crippen molar-refractivity contribution in [1.82, 2.24) is 4.90 Å². The molecule has 0 aromatic heterocycles. The number of ketones is 1. The number of amides is 1. The lowest BCUT2D eigenvalue weighted by Gasteiger charge is -2.29. The van der Waals surface area contributed by atoms with E-state index in [2.05, 4.69) is 0 Å². The van der Waals surface area contributed by atoms with E-state index in [-0.39, 0.29) is 11.3 Å². The van der Waals surface area contributed by atoms with Gasteiger partial charge in [-0.2, -0.15) is 0 Å². The third-order valence-corrected chi connectivity index (χ3v) is 7.06. The number of benzene rings is 2. The smallest absolute Gasteiger partial charge is 0.295 e. The number of morpholine rings is 1. The van der Waals surface area contributed by atoms with Crippen molar-refractivity contribution in [2.24, 2.45) is 0 Å². The molecular formula is C28H33N2O8+. The summed E-state index contributed by atoms with van der Waals surface area (Å²) in [7, 11) is 1.54. The number of rotatable bonds is 8. The van der Waals surface area contributed by atoms with E-state index < -0.39 is 17.7 Å². The van der Waals surface area contributed by atoms with Gasteiger partial charge in [-0.05, 0) is 42.8 Å². The average Bonchev–Trinajstić information content (AvgIpc) is 3.21. The second-order valence-corrected chi connectivity index (χ2v) is 9.31. The molecule has 3 aliphatic rings. The molecule has 0 aliphatic carbocycles. The quantitative estimate of drug-likeness (QED) is 0.301. The number of quaternary nitrogens is 1. The molecule has 10 nitrogen and oxygen atoms in total. The lowest BCUT2D eigenvalue weighted by Crippen LogP contribution is -3.14. The molecule has 2 aromatic carbocycles. The molecule has 2 fully saturated rings. The number of methoxy groups -OCH3 is 1. The van der Waals surface area contributed by atoms with Gasteiger partial charge in [-0.15, -0.1) is 0 Å². The molecule has 0 spiro atoms. The van der Waals surface area contributed by atoms with Gasteiger partial charge in [0.2, 0.25) is 0 Å². The molecule has 0 unspecified atom stereocenters. The molecule has 10 heteroatoms. The maximum absolute atomic E-state index is 13.4. The van der Waals surface area contributed by atoms with Crippen LogP contribution in [0.2, 0.25) is 0 Å². The van der Waals surface area contributed by atoms with Crippen molar-refractivity contribution in [2.45, 2.75) is 13.0 Å². The Hall–Kier alpha value is -3.76. The Morgan fingerprint density at radius 2 is 1.79 bits per heavy atom. The fourth-order valence-corrected chi connectivity index (χ4v) is 5.12. The monoisotopic (exact) mass is 525 g/mol. The van der Waals surface area contributed by atoms with Crippen molar-refractivity contribution in [3.8, 4) is 23.0 Å². The van der Waals surface area contributed by atoms with E-state index in [1.54, 1.807) is 41.3 Å². The maximum Gasteiger partial charge on any atom is 0.295 e. The Kier molecular flexibility index (Phi) is 7.71. The standard InChI is InChI=1S/C28H32N2O8/c1-3-36-20-6-4-18(16-22(20)34-2)25-24(26(31)19-5-7-21-23(17-19)38-15-14-37-21)27(32)28(33)30(25)9-8-29-10-12-35-13-11-29/h4-7,16-17,25,31H,3,8-15H2,1-2H3/p+1/t25-/m1/s1. The topological polar surface area (TPSA) is 108 Å². The highest BCUT2D eigenvalue weighted by Crippen LogP contribution is 2.43. The zero-order valence-electron chi connectivity index (χ0n) is 21.7. The Labute approximate surface area is 221 Å². The van der Waals surface area contributed by atoms with Crippen LogP contribution in [0.5, 0.6) is 23.0 Å². The first kappa shape index (κ1) is 25.9. The molecule has 2 aromatic rings. The lowest BCUT2D eigenvalue weighted by molar-refractivity contribution is -0.907. The molecule has 1 amide bonds. The fraction of sp³-hybridized carbons (Fsp3) is 0.429. The Morgan fingerprint density at radius 3 is 2.53 bits per heavy atom. The fourth-order valence-electron chi connectivity index (χ4n) is 5.12.